The van der Waals surface area contributed by atoms with Crippen LogP contribution in [0.25, 0.3) is 0 Å². The molecule has 0 atom stereocenters. The number of rotatable bonds is 6. The Bertz CT molecular complexity index is 445. The summed E-state index contributed by atoms with van der Waals surface area (Å²) < 4.78 is 5.09. The van der Waals surface area contributed by atoms with E-state index in [1.54, 1.807) is 42.4 Å². The van der Waals surface area contributed by atoms with E-state index in [1.807, 2.05) is 0 Å². The third kappa shape index (κ3) is 3.13. The highest BCUT2D eigenvalue weighted by molar-refractivity contribution is 5.99. The van der Waals surface area contributed by atoms with Crippen molar-refractivity contribution in [3.05, 3.63) is 49.1 Å². The van der Waals surface area contributed by atoms with E-state index in [0.717, 1.165) is 0 Å². The standard InChI is InChI=1S/C14H18N2O2/c1-4-8-16(9-5-2)14(17)12-10-11(18-3)6-7-13(12)15/h4-7,10H,1-2,8-9,15H2,3H3. The molecule has 0 spiro atoms. The third-order valence-electron chi connectivity index (χ3n) is 2.48. The van der Waals surface area contributed by atoms with Gasteiger partial charge in [0, 0.05) is 18.8 Å². The molecule has 0 radical (unpaired) electrons. The summed E-state index contributed by atoms with van der Waals surface area (Å²) in [6.07, 6.45) is 3.33. The molecule has 1 aromatic carbocycles. The Labute approximate surface area is 107 Å². The van der Waals surface area contributed by atoms with Crippen LogP contribution in [0.3, 0.4) is 0 Å². The molecule has 1 aromatic rings. The summed E-state index contributed by atoms with van der Waals surface area (Å²) in [6.45, 7) is 8.15. The average Bonchev–Trinajstić information content (AvgIpc) is 2.38. The maximum atomic E-state index is 12.3. The smallest absolute Gasteiger partial charge is 0.256 e. The van der Waals surface area contributed by atoms with Gasteiger partial charge in [-0.1, -0.05) is 12.2 Å². The largest absolute Gasteiger partial charge is 0.497 e. The van der Waals surface area contributed by atoms with Crippen molar-refractivity contribution in [2.75, 3.05) is 25.9 Å². The number of carbonyl (C=O) groups is 1. The molecule has 4 nitrogen and oxygen atoms in total. The minimum absolute atomic E-state index is 0.161. The van der Waals surface area contributed by atoms with Crippen molar-refractivity contribution in [3.63, 3.8) is 0 Å². The predicted molar refractivity (Wildman–Crippen MR) is 73.7 cm³/mol. The number of hydrogen-bond acceptors (Lipinski definition) is 3. The normalized spacial score (nSPS) is 9.61. The van der Waals surface area contributed by atoms with Crippen LogP contribution in [0.4, 0.5) is 5.69 Å². The number of benzene rings is 1. The molecule has 0 aliphatic rings. The van der Waals surface area contributed by atoms with Gasteiger partial charge in [0.2, 0.25) is 0 Å². The zero-order valence-corrected chi connectivity index (χ0v) is 10.6. The van der Waals surface area contributed by atoms with Crippen molar-refractivity contribution in [2.24, 2.45) is 0 Å². The minimum atomic E-state index is -0.161. The molecule has 0 saturated carbocycles. The van der Waals surface area contributed by atoms with Crippen molar-refractivity contribution in [3.8, 4) is 5.75 Å². The van der Waals surface area contributed by atoms with Gasteiger partial charge in [-0.25, -0.2) is 0 Å². The second kappa shape index (κ2) is 6.49. The van der Waals surface area contributed by atoms with Crippen LogP contribution in [0.15, 0.2) is 43.5 Å². The van der Waals surface area contributed by atoms with Gasteiger partial charge < -0.3 is 15.4 Å². The Morgan fingerprint density at radius 2 is 2.00 bits per heavy atom. The quantitative estimate of drug-likeness (QED) is 0.617. The number of methoxy groups -OCH3 is 1. The number of nitrogen functional groups attached to an aromatic ring is 1. The first-order valence-electron chi connectivity index (χ1n) is 5.58. The fourth-order valence-corrected chi connectivity index (χ4v) is 1.57. The number of amides is 1. The molecule has 96 valence electrons. The highest BCUT2D eigenvalue weighted by Crippen LogP contribution is 2.21. The molecule has 0 aliphatic carbocycles. The number of anilines is 1. The summed E-state index contributed by atoms with van der Waals surface area (Å²) in [4.78, 5) is 13.9. The first-order chi connectivity index (χ1) is 8.63. The summed E-state index contributed by atoms with van der Waals surface area (Å²) in [5.41, 5.74) is 6.68. The van der Waals surface area contributed by atoms with Gasteiger partial charge >= 0.3 is 0 Å². The number of nitrogens with two attached hydrogens (primary N) is 1. The molecule has 4 heteroatoms. The second-order valence-corrected chi connectivity index (χ2v) is 3.74. The summed E-state index contributed by atoms with van der Waals surface area (Å²) >= 11 is 0. The molecular weight excluding hydrogens is 228 g/mol. The SMILES string of the molecule is C=CCN(CC=C)C(=O)c1cc(OC)ccc1N. The lowest BCUT2D eigenvalue weighted by molar-refractivity contribution is 0.0791. The van der Waals surface area contributed by atoms with Crippen LogP contribution in [-0.2, 0) is 0 Å². The zero-order chi connectivity index (χ0) is 13.5. The molecule has 0 unspecified atom stereocenters. The predicted octanol–water partition coefficient (Wildman–Crippen LogP) is 2.09. The second-order valence-electron chi connectivity index (χ2n) is 3.74. The Kier molecular flexibility index (Phi) is 4.99. The van der Waals surface area contributed by atoms with Crippen LogP contribution in [0.5, 0.6) is 5.75 Å². The van der Waals surface area contributed by atoms with Crippen LogP contribution in [-0.4, -0.2) is 31.0 Å². The van der Waals surface area contributed by atoms with Gasteiger partial charge in [-0.05, 0) is 18.2 Å². The molecular formula is C14H18N2O2. The minimum Gasteiger partial charge on any atom is -0.497 e. The van der Waals surface area contributed by atoms with Crippen molar-refractivity contribution in [1.29, 1.82) is 0 Å². The number of nitrogens with zero attached hydrogens (tertiary/aromatic N) is 1. The zero-order valence-electron chi connectivity index (χ0n) is 10.6. The Morgan fingerprint density at radius 3 is 2.50 bits per heavy atom. The van der Waals surface area contributed by atoms with E-state index >= 15 is 0 Å². The maximum Gasteiger partial charge on any atom is 0.256 e. The van der Waals surface area contributed by atoms with E-state index in [4.69, 9.17) is 10.5 Å². The number of carbonyl (C=O) groups excluding carboxylic acids is 1. The fraction of sp³-hybridized carbons (Fsp3) is 0.214. The van der Waals surface area contributed by atoms with E-state index in [9.17, 15) is 4.79 Å². The van der Waals surface area contributed by atoms with E-state index < -0.39 is 0 Å². The summed E-state index contributed by atoms with van der Waals surface area (Å²) in [6, 6.07) is 5.01. The lowest BCUT2D eigenvalue weighted by atomic mass is 10.1. The first kappa shape index (κ1) is 13.8. The summed E-state index contributed by atoms with van der Waals surface area (Å²) in [5, 5.41) is 0. The van der Waals surface area contributed by atoms with Crippen molar-refractivity contribution in [1.82, 2.24) is 4.90 Å². The third-order valence-corrected chi connectivity index (χ3v) is 2.48. The molecule has 0 aliphatic heterocycles. The van der Waals surface area contributed by atoms with Crippen molar-refractivity contribution < 1.29 is 9.53 Å². The van der Waals surface area contributed by atoms with Crippen LogP contribution >= 0.6 is 0 Å². The van der Waals surface area contributed by atoms with E-state index in [-0.39, 0.29) is 5.91 Å². The van der Waals surface area contributed by atoms with Crippen molar-refractivity contribution in [2.45, 2.75) is 0 Å². The van der Waals surface area contributed by atoms with Crippen LogP contribution in [0, 0.1) is 0 Å². The Balaban J connectivity index is 3.06. The Morgan fingerprint density at radius 1 is 1.39 bits per heavy atom. The molecule has 0 saturated heterocycles. The summed E-state index contributed by atoms with van der Waals surface area (Å²) in [7, 11) is 1.55. The highest BCUT2D eigenvalue weighted by atomic mass is 16.5. The van der Waals surface area contributed by atoms with Crippen LogP contribution in [0.1, 0.15) is 10.4 Å². The Hall–Kier alpha value is -2.23. The molecule has 0 heterocycles. The maximum absolute atomic E-state index is 12.3. The van der Waals surface area contributed by atoms with E-state index in [2.05, 4.69) is 13.2 Å². The van der Waals surface area contributed by atoms with Gasteiger partial charge in [0.25, 0.3) is 5.91 Å². The van der Waals surface area contributed by atoms with Crippen molar-refractivity contribution >= 4 is 11.6 Å². The van der Waals surface area contributed by atoms with Crippen LogP contribution in [0.2, 0.25) is 0 Å². The molecule has 0 aromatic heterocycles. The van der Waals surface area contributed by atoms with Gasteiger partial charge in [-0.3, -0.25) is 4.79 Å². The number of ether oxygens (including phenoxy) is 1. The average molecular weight is 246 g/mol. The molecule has 0 bridgehead atoms. The fourth-order valence-electron chi connectivity index (χ4n) is 1.57. The van der Waals surface area contributed by atoms with Gasteiger partial charge in [0.1, 0.15) is 5.75 Å². The molecule has 1 rings (SSSR count). The molecule has 18 heavy (non-hydrogen) atoms. The molecule has 1 amide bonds. The van der Waals surface area contributed by atoms with E-state index in [0.29, 0.717) is 30.1 Å². The first-order valence-corrected chi connectivity index (χ1v) is 5.58. The van der Waals surface area contributed by atoms with Gasteiger partial charge in [0.15, 0.2) is 0 Å². The molecule has 0 fully saturated rings. The van der Waals surface area contributed by atoms with E-state index in [1.165, 1.54) is 0 Å². The van der Waals surface area contributed by atoms with Crippen LogP contribution < -0.4 is 10.5 Å². The highest BCUT2D eigenvalue weighted by Gasteiger charge is 2.16. The lowest BCUT2D eigenvalue weighted by Crippen LogP contribution is -2.31. The monoisotopic (exact) mass is 246 g/mol. The van der Waals surface area contributed by atoms with Gasteiger partial charge in [-0.2, -0.15) is 0 Å². The summed E-state index contributed by atoms with van der Waals surface area (Å²) in [5.74, 6) is 0.441. The lowest BCUT2D eigenvalue weighted by Gasteiger charge is -2.20. The number of hydrogen-bond donors (Lipinski definition) is 1. The molecule has 2 N–H and O–H groups in total. The topological polar surface area (TPSA) is 55.6 Å². The van der Waals surface area contributed by atoms with Gasteiger partial charge in [0.05, 0.1) is 12.7 Å². The van der Waals surface area contributed by atoms with Gasteiger partial charge in [-0.15, -0.1) is 13.2 Å².